The minimum atomic E-state index is 0.621. The first-order chi connectivity index (χ1) is 22.3. The van der Waals surface area contributed by atoms with Crippen LogP contribution in [0.1, 0.15) is 0 Å². The lowest BCUT2D eigenvalue weighted by atomic mass is 9.83. The minimum Gasteiger partial charge on any atom is -0.436 e. The molecule has 0 saturated heterocycles. The molecule has 1 aromatic heterocycles. The number of hydrogen-bond acceptors (Lipinski definition) is 2. The predicted octanol–water partition coefficient (Wildman–Crippen LogP) is 11.9. The Morgan fingerprint density at radius 3 is 1.13 bits per heavy atom. The second-order valence-corrected chi connectivity index (χ2v) is 11.5. The summed E-state index contributed by atoms with van der Waals surface area (Å²) in [6.07, 6.45) is 1.84. The van der Waals surface area contributed by atoms with Crippen molar-refractivity contribution in [3.05, 3.63) is 164 Å². The van der Waals surface area contributed by atoms with Gasteiger partial charge in [-0.25, -0.2) is 4.98 Å². The third-order valence-corrected chi connectivity index (χ3v) is 8.95. The first-order valence-electron chi connectivity index (χ1n) is 15.3. The fourth-order valence-electron chi connectivity index (χ4n) is 6.87. The Morgan fingerprint density at radius 2 is 0.711 bits per heavy atom. The van der Waals surface area contributed by atoms with E-state index in [9.17, 15) is 0 Å². The molecule has 210 valence electrons. The number of oxazole rings is 1. The zero-order valence-electron chi connectivity index (χ0n) is 24.4. The molecule has 0 amide bonds. The fraction of sp³-hybridized carbons (Fsp3) is 0. The normalized spacial score (nSPS) is 11.6. The first kappa shape index (κ1) is 25.5. The van der Waals surface area contributed by atoms with Crippen LogP contribution in [0, 0.1) is 0 Å². The maximum atomic E-state index is 6.51. The van der Waals surface area contributed by atoms with E-state index in [1.165, 1.54) is 54.7 Å². The summed E-state index contributed by atoms with van der Waals surface area (Å²) in [5, 5.41) is 7.32. The third kappa shape index (κ3) is 4.15. The van der Waals surface area contributed by atoms with Crippen molar-refractivity contribution in [2.45, 2.75) is 0 Å². The van der Waals surface area contributed by atoms with Gasteiger partial charge >= 0.3 is 0 Å². The lowest BCUT2D eigenvalue weighted by Gasteiger charge is -2.20. The monoisotopic (exact) mass is 573 g/mol. The van der Waals surface area contributed by atoms with Gasteiger partial charge in [0.25, 0.3) is 0 Å². The van der Waals surface area contributed by atoms with Gasteiger partial charge in [-0.1, -0.05) is 146 Å². The first-order valence-corrected chi connectivity index (χ1v) is 15.3. The van der Waals surface area contributed by atoms with Crippen LogP contribution < -0.4 is 0 Å². The molecule has 0 saturated carbocycles. The van der Waals surface area contributed by atoms with Gasteiger partial charge in [-0.15, -0.1) is 0 Å². The summed E-state index contributed by atoms with van der Waals surface area (Å²) >= 11 is 0. The number of aromatic nitrogens is 1. The lowest BCUT2D eigenvalue weighted by molar-refractivity contribution is 0.589. The van der Waals surface area contributed by atoms with Crippen LogP contribution in [0.25, 0.3) is 88.5 Å². The van der Waals surface area contributed by atoms with Gasteiger partial charge in [0.1, 0.15) is 0 Å². The molecule has 0 aliphatic rings. The average molecular weight is 574 g/mol. The van der Waals surface area contributed by atoms with E-state index in [4.69, 9.17) is 9.40 Å². The summed E-state index contributed by atoms with van der Waals surface area (Å²) in [5.74, 6) is 1.38. The van der Waals surface area contributed by atoms with Crippen LogP contribution in [0.15, 0.2) is 168 Å². The zero-order valence-corrected chi connectivity index (χ0v) is 24.4. The van der Waals surface area contributed by atoms with Gasteiger partial charge in [0.05, 0.1) is 6.20 Å². The predicted molar refractivity (Wildman–Crippen MR) is 187 cm³/mol. The van der Waals surface area contributed by atoms with Crippen LogP contribution in [0.3, 0.4) is 0 Å². The van der Waals surface area contributed by atoms with E-state index in [1.54, 1.807) is 0 Å². The average Bonchev–Trinajstić information content (AvgIpc) is 3.62. The van der Waals surface area contributed by atoms with Crippen molar-refractivity contribution in [2.24, 2.45) is 0 Å². The Bertz CT molecular complexity index is 2390. The molecular formula is C43H27NO. The van der Waals surface area contributed by atoms with Crippen molar-refractivity contribution in [1.29, 1.82) is 0 Å². The summed E-state index contributed by atoms with van der Waals surface area (Å²) in [4.78, 5) is 4.84. The van der Waals surface area contributed by atoms with Gasteiger partial charge in [-0.05, 0) is 77.8 Å². The quantitative estimate of drug-likeness (QED) is 0.191. The molecule has 9 aromatic rings. The van der Waals surface area contributed by atoms with E-state index in [2.05, 4.69) is 140 Å². The van der Waals surface area contributed by atoms with Crippen LogP contribution in [-0.2, 0) is 0 Å². The van der Waals surface area contributed by atoms with E-state index < -0.39 is 0 Å². The molecule has 0 bridgehead atoms. The Labute approximate surface area is 261 Å². The van der Waals surface area contributed by atoms with Crippen molar-refractivity contribution in [1.82, 2.24) is 4.98 Å². The molecule has 0 aliphatic carbocycles. The molecule has 0 unspecified atom stereocenters. The van der Waals surface area contributed by atoms with E-state index in [1.807, 2.05) is 24.4 Å². The van der Waals surface area contributed by atoms with Gasteiger partial charge in [0.2, 0.25) is 5.89 Å². The van der Waals surface area contributed by atoms with Gasteiger partial charge in [-0.2, -0.15) is 0 Å². The second kappa shape index (κ2) is 10.3. The largest absolute Gasteiger partial charge is 0.436 e. The molecule has 0 spiro atoms. The van der Waals surface area contributed by atoms with E-state index in [-0.39, 0.29) is 0 Å². The third-order valence-electron chi connectivity index (χ3n) is 8.95. The van der Waals surface area contributed by atoms with Crippen molar-refractivity contribution in [3.63, 3.8) is 0 Å². The molecule has 0 N–H and O–H groups in total. The molecule has 0 radical (unpaired) electrons. The number of benzene rings is 8. The molecule has 2 nitrogen and oxygen atoms in total. The molecule has 2 heteroatoms. The van der Waals surface area contributed by atoms with Crippen LogP contribution >= 0.6 is 0 Å². The summed E-state index contributed by atoms with van der Waals surface area (Å²) in [5.41, 5.74) is 9.20. The SMILES string of the molecule is c1ccc(-c2cnc(-c3cc(-c4ccccc4)c4ccc5c(-c6ccccc6)cc(-c6ccccc6)c6ccc3c4c56)o2)cc1. The van der Waals surface area contributed by atoms with Crippen LogP contribution in [0.2, 0.25) is 0 Å². The van der Waals surface area contributed by atoms with E-state index in [0.29, 0.717) is 5.89 Å². The van der Waals surface area contributed by atoms with Gasteiger partial charge in [0, 0.05) is 11.1 Å². The molecular weight excluding hydrogens is 546 g/mol. The van der Waals surface area contributed by atoms with Crippen molar-refractivity contribution in [3.8, 4) is 56.2 Å². The van der Waals surface area contributed by atoms with Crippen molar-refractivity contribution in [2.75, 3.05) is 0 Å². The molecule has 9 rings (SSSR count). The maximum absolute atomic E-state index is 6.51. The Balaban J connectivity index is 1.43. The molecule has 45 heavy (non-hydrogen) atoms. The lowest BCUT2D eigenvalue weighted by Crippen LogP contribution is -1.94. The van der Waals surface area contributed by atoms with Gasteiger partial charge < -0.3 is 4.42 Å². The van der Waals surface area contributed by atoms with Crippen LogP contribution in [0.5, 0.6) is 0 Å². The summed E-state index contributed by atoms with van der Waals surface area (Å²) < 4.78 is 6.51. The standard InChI is InChI=1S/C43H27NO/c1-5-13-28(14-6-1)36-25-37(29-15-7-2-8-16-29)33-23-24-35-39(43-44-27-40(45-43)31-19-11-4-12-20-31)26-38(30-17-9-3-10-18-30)34-22-21-32(36)41(33)42(34)35/h1-27H. The number of hydrogen-bond donors (Lipinski definition) is 0. The molecule has 0 atom stereocenters. The highest BCUT2D eigenvalue weighted by Gasteiger charge is 2.22. The molecule has 1 heterocycles. The van der Waals surface area contributed by atoms with E-state index >= 15 is 0 Å². The minimum absolute atomic E-state index is 0.621. The topological polar surface area (TPSA) is 26.0 Å². The second-order valence-electron chi connectivity index (χ2n) is 11.5. The highest BCUT2D eigenvalue weighted by Crippen LogP contribution is 2.48. The number of nitrogens with zero attached hydrogens (tertiary/aromatic N) is 1. The smallest absolute Gasteiger partial charge is 0.227 e. The Morgan fingerprint density at radius 1 is 0.356 bits per heavy atom. The maximum Gasteiger partial charge on any atom is 0.227 e. The Kier molecular flexibility index (Phi) is 5.85. The highest BCUT2D eigenvalue weighted by atomic mass is 16.4. The summed E-state index contributed by atoms with van der Waals surface area (Å²) in [6, 6.07) is 56.1. The van der Waals surface area contributed by atoms with Crippen molar-refractivity contribution < 1.29 is 4.42 Å². The molecule has 8 aromatic carbocycles. The molecule has 0 aliphatic heterocycles. The summed E-state index contributed by atoms with van der Waals surface area (Å²) in [6.45, 7) is 0. The summed E-state index contributed by atoms with van der Waals surface area (Å²) in [7, 11) is 0. The van der Waals surface area contributed by atoms with Gasteiger partial charge in [-0.3, -0.25) is 0 Å². The molecule has 0 fully saturated rings. The van der Waals surface area contributed by atoms with Gasteiger partial charge in [0.15, 0.2) is 5.76 Å². The Hall–Kier alpha value is -5.99. The fourth-order valence-corrected chi connectivity index (χ4v) is 6.87. The van der Waals surface area contributed by atoms with Crippen LogP contribution in [0.4, 0.5) is 0 Å². The van der Waals surface area contributed by atoms with E-state index in [0.717, 1.165) is 27.8 Å². The highest BCUT2D eigenvalue weighted by molar-refractivity contribution is 6.31. The van der Waals surface area contributed by atoms with Crippen LogP contribution in [-0.4, -0.2) is 4.98 Å². The number of rotatable bonds is 5. The zero-order chi connectivity index (χ0) is 29.7. The van der Waals surface area contributed by atoms with Crippen molar-refractivity contribution >= 4 is 32.3 Å².